The van der Waals surface area contributed by atoms with Crippen molar-refractivity contribution in [3.8, 4) is 0 Å². The molecule has 0 amide bonds. The summed E-state index contributed by atoms with van der Waals surface area (Å²) in [4.78, 5) is 13.4. The summed E-state index contributed by atoms with van der Waals surface area (Å²) in [6.07, 6.45) is 18.8. The molecular formula is C24H36O. The number of hydrogen-bond acceptors (Lipinski definition) is 1. The van der Waals surface area contributed by atoms with Crippen molar-refractivity contribution < 1.29 is 4.79 Å². The van der Waals surface area contributed by atoms with E-state index >= 15 is 0 Å². The number of Topliss-reactive ketones (excluding diaryl/α,β-unsaturated/α-hetero) is 1. The van der Waals surface area contributed by atoms with Crippen molar-refractivity contribution >= 4 is 5.78 Å². The van der Waals surface area contributed by atoms with E-state index < -0.39 is 0 Å². The van der Waals surface area contributed by atoms with Gasteiger partial charge in [0.25, 0.3) is 0 Å². The van der Waals surface area contributed by atoms with Gasteiger partial charge in [-0.3, -0.25) is 4.79 Å². The molecule has 0 aliphatic heterocycles. The Labute approximate surface area is 154 Å². The SMILES string of the molecule is C=C(CCCCCC)C1=C2CCC[C@]23CC(=O)[C@@]1(C1CCCCC1)C3. The van der Waals surface area contributed by atoms with E-state index in [1.807, 2.05) is 0 Å². The van der Waals surface area contributed by atoms with E-state index in [-0.39, 0.29) is 10.8 Å². The fraction of sp³-hybridized carbons (Fsp3) is 0.792. The van der Waals surface area contributed by atoms with E-state index in [0.29, 0.717) is 11.7 Å². The summed E-state index contributed by atoms with van der Waals surface area (Å²) >= 11 is 0. The van der Waals surface area contributed by atoms with Crippen molar-refractivity contribution in [2.24, 2.45) is 16.7 Å². The van der Waals surface area contributed by atoms with Crippen LogP contribution in [0.3, 0.4) is 0 Å². The Bertz CT molecular complexity index is 591. The summed E-state index contributed by atoms with van der Waals surface area (Å²) in [7, 11) is 0. The van der Waals surface area contributed by atoms with Gasteiger partial charge in [0.15, 0.2) is 0 Å². The molecule has 3 fully saturated rings. The molecule has 0 heterocycles. The van der Waals surface area contributed by atoms with Crippen LogP contribution < -0.4 is 0 Å². The average Bonchev–Trinajstić information content (AvgIpc) is 3.23. The van der Waals surface area contributed by atoms with Crippen molar-refractivity contribution in [2.75, 3.05) is 0 Å². The lowest BCUT2D eigenvalue weighted by Crippen LogP contribution is -2.38. The summed E-state index contributed by atoms with van der Waals surface area (Å²) in [5.74, 6) is 1.23. The largest absolute Gasteiger partial charge is 0.299 e. The number of carbonyl (C=O) groups is 1. The molecule has 1 nitrogen and oxygen atoms in total. The molecule has 4 rings (SSSR count). The maximum atomic E-state index is 13.4. The highest BCUT2D eigenvalue weighted by Crippen LogP contribution is 2.72. The molecule has 138 valence electrons. The third kappa shape index (κ3) is 2.60. The van der Waals surface area contributed by atoms with Crippen LogP contribution in [0.1, 0.15) is 103 Å². The first kappa shape index (κ1) is 17.6. The fourth-order valence-electron chi connectivity index (χ4n) is 7.05. The molecule has 0 saturated heterocycles. The smallest absolute Gasteiger partial charge is 0.144 e. The summed E-state index contributed by atoms with van der Waals surface area (Å²) < 4.78 is 0. The van der Waals surface area contributed by atoms with E-state index in [1.54, 1.807) is 5.57 Å². The van der Waals surface area contributed by atoms with Crippen LogP contribution in [-0.2, 0) is 4.79 Å². The maximum Gasteiger partial charge on any atom is 0.144 e. The molecule has 0 aromatic carbocycles. The molecule has 3 saturated carbocycles. The van der Waals surface area contributed by atoms with Gasteiger partial charge in [-0.1, -0.05) is 63.2 Å². The number of rotatable bonds is 7. The maximum absolute atomic E-state index is 13.4. The number of allylic oxidation sites excluding steroid dienone is 3. The molecule has 25 heavy (non-hydrogen) atoms. The van der Waals surface area contributed by atoms with Crippen molar-refractivity contribution in [3.63, 3.8) is 0 Å². The van der Waals surface area contributed by atoms with Crippen LogP contribution in [0.4, 0.5) is 0 Å². The lowest BCUT2D eigenvalue weighted by molar-refractivity contribution is -0.127. The van der Waals surface area contributed by atoms with Gasteiger partial charge in [-0.15, -0.1) is 0 Å². The zero-order valence-corrected chi connectivity index (χ0v) is 16.3. The minimum absolute atomic E-state index is 0.0992. The fourth-order valence-corrected chi connectivity index (χ4v) is 7.05. The highest BCUT2D eigenvalue weighted by Gasteiger charge is 2.67. The Hall–Kier alpha value is -0.850. The van der Waals surface area contributed by atoms with Gasteiger partial charge < -0.3 is 0 Å². The minimum atomic E-state index is -0.0992. The second-order valence-corrected chi connectivity index (χ2v) is 9.48. The first-order valence-electron chi connectivity index (χ1n) is 11.1. The average molecular weight is 341 g/mol. The monoisotopic (exact) mass is 340 g/mol. The first-order chi connectivity index (χ1) is 12.1. The number of ketones is 1. The Kier molecular flexibility index (Phi) is 4.71. The zero-order valence-electron chi connectivity index (χ0n) is 16.3. The second kappa shape index (κ2) is 6.71. The number of hydrogen-bond donors (Lipinski definition) is 0. The molecule has 2 atom stereocenters. The van der Waals surface area contributed by atoms with Crippen LogP contribution in [0.2, 0.25) is 0 Å². The Morgan fingerprint density at radius 1 is 1.12 bits per heavy atom. The topological polar surface area (TPSA) is 17.1 Å². The second-order valence-electron chi connectivity index (χ2n) is 9.48. The van der Waals surface area contributed by atoms with Crippen molar-refractivity contribution in [1.29, 1.82) is 0 Å². The highest BCUT2D eigenvalue weighted by atomic mass is 16.1. The molecular weight excluding hydrogens is 304 g/mol. The van der Waals surface area contributed by atoms with E-state index in [2.05, 4.69) is 13.5 Å². The van der Waals surface area contributed by atoms with Crippen LogP contribution in [0.25, 0.3) is 0 Å². The molecule has 0 unspecified atom stereocenters. The van der Waals surface area contributed by atoms with E-state index in [4.69, 9.17) is 0 Å². The van der Waals surface area contributed by atoms with Gasteiger partial charge in [-0.05, 0) is 62.9 Å². The Balaban J connectivity index is 1.65. The highest BCUT2D eigenvalue weighted by molar-refractivity contribution is 5.96. The van der Waals surface area contributed by atoms with Gasteiger partial charge in [0.05, 0.1) is 5.41 Å². The standard InChI is InChI=1S/C24H36O/c1-3-4-5-7-11-18(2)22-20-14-10-15-23(20)16-21(25)24(22,17-23)19-12-8-6-9-13-19/h19H,2-17H2,1H3/t23-,24+/m1/s1. The number of carbonyl (C=O) groups excluding carboxylic acids is 1. The lowest BCUT2D eigenvalue weighted by Gasteiger charge is -2.40. The van der Waals surface area contributed by atoms with Crippen molar-refractivity contribution in [1.82, 2.24) is 0 Å². The Morgan fingerprint density at radius 2 is 1.92 bits per heavy atom. The van der Waals surface area contributed by atoms with Gasteiger partial charge in [0.2, 0.25) is 0 Å². The third-order valence-corrected chi connectivity index (χ3v) is 8.07. The number of fused-ring (bicyclic) bond motifs is 1. The normalized spacial score (nSPS) is 34.8. The molecule has 2 bridgehead atoms. The Morgan fingerprint density at radius 3 is 2.68 bits per heavy atom. The molecule has 1 spiro atoms. The molecule has 1 heteroatoms. The van der Waals surface area contributed by atoms with Crippen LogP contribution in [-0.4, -0.2) is 5.78 Å². The van der Waals surface area contributed by atoms with Crippen molar-refractivity contribution in [2.45, 2.75) is 103 Å². The predicted molar refractivity (Wildman–Crippen MR) is 104 cm³/mol. The third-order valence-electron chi connectivity index (χ3n) is 8.07. The molecule has 0 N–H and O–H groups in total. The van der Waals surface area contributed by atoms with Gasteiger partial charge in [0.1, 0.15) is 5.78 Å². The van der Waals surface area contributed by atoms with E-state index in [0.717, 1.165) is 12.8 Å². The van der Waals surface area contributed by atoms with Crippen LogP contribution >= 0.6 is 0 Å². The van der Waals surface area contributed by atoms with Crippen LogP contribution in [0.15, 0.2) is 23.3 Å². The minimum Gasteiger partial charge on any atom is -0.299 e. The predicted octanol–water partition coefficient (Wildman–Crippen LogP) is 6.92. The van der Waals surface area contributed by atoms with Crippen LogP contribution in [0, 0.1) is 16.7 Å². The summed E-state index contributed by atoms with van der Waals surface area (Å²) in [6, 6.07) is 0. The van der Waals surface area contributed by atoms with Gasteiger partial charge >= 0.3 is 0 Å². The van der Waals surface area contributed by atoms with Gasteiger partial charge in [-0.25, -0.2) is 0 Å². The molecule has 0 aromatic heterocycles. The van der Waals surface area contributed by atoms with Gasteiger partial charge in [-0.2, -0.15) is 0 Å². The zero-order chi connectivity index (χ0) is 17.5. The molecule has 0 radical (unpaired) electrons. The van der Waals surface area contributed by atoms with E-state index in [1.165, 1.54) is 94.6 Å². The molecule has 0 aromatic rings. The number of unbranched alkanes of at least 4 members (excludes halogenated alkanes) is 3. The molecule has 4 aliphatic rings. The van der Waals surface area contributed by atoms with Crippen LogP contribution in [0.5, 0.6) is 0 Å². The van der Waals surface area contributed by atoms with Gasteiger partial charge in [0, 0.05) is 11.8 Å². The summed E-state index contributed by atoms with van der Waals surface area (Å²) in [5, 5.41) is 0. The lowest BCUT2D eigenvalue weighted by atomic mass is 9.62. The first-order valence-corrected chi connectivity index (χ1v) is 11.1. The van der Waals surface area contributed by atoms with Crippen molar-refractivity contribution in [3.05, 3.63) is 23.3 Å². The quantitative estimate of drug-likeness (QED) is 0.459. The molecule has 4 aliphatic carbocycles. The summed E-state index contributed by atoms with van der Waals surface area (Å²) in [5.41, 5.74) is 4.75. The van der Waals surface area contributed by atoms with E-state index in [9.17, 15) is 4.79 Å². The summed E-state index contributed by atoms with van der Waals surface area (Å²) in [6.45, 7) is 6.85.